The summed E-state index contributed by atoms with van der Waals surface area (Å²) >= 11 is 0. The fourth-order valence-electron chi connectivity index (χ4n) is 1.47. The van der Waals surface area contributed by atoms with Gasteiger partial charge in [0.25, 0.3) is 0 Å². The molecule has 1 aromatic heterocycles. The van der Waals surface area contributed by atoms with Crippen molar-refractivity contribution in [1.82, 2.24) is 20.6 Å². The van der Waals surface area contributed by atoms with Crippen LogP contribution in [0.4, 0.5) is 0 Å². The quantitative estimate of drug-likeness (QED) is 0.694. The molecule has 3 N–H and O–H groups in total. The minimum atomic E-state index is -1.12. The molecule has 18 heavy (non-hydrogen) atoms. The molecule has 2 heterocycles. The fourth-order valence-corrected chi connectivity index (χ4v) is 1.47. The normalized spacial score (nSPS) is 14.9. The first-order chi connectivity index (χ1) is 8.81. The number of hydrogen-bond acceptors (Lipinski definition) is 5. The third-order valence-corrected chi connectivity index (χ3v) is 2.34. The van der Waals surface area contributed by atoms with Crippen LogP contribution in [0, 0.1) is 0 Å². The molecule has 1 aromatic carbocycles. The first-order valence-electron chi connectivity index (χ1n) is 5.49. The summed E-state index contributed by atoms with van der Waals surface area (Å²) in [5.41, 5.74) is 0.801. The van der Waals surface area contributed by atoms with Crippen LogP contribution in [-0.2, 0) is 5.85 Å². The van der Waals surface area contributed by atoms with E-state index in [9.17, 15) is 5.11 Å². The van der Waals surface area contributed by atoms with Crippen LogP contribution < -0.4 is 10.6 Å². The molecule has 0 bridgehead atoms. The topological polar surface area (TPSA) is 70.1 Å². The summed E-state index contributed by atoms with van der Waals surface area (Å²) in [6, 6.07) is 11.2. The molecule has 5 nitrogen and oxygen atoms in total. The summed E-state index contributed by atoms with van der Waals surface area (Å²) in [6.45, 7) is 0. The summed E-state index contributed by atoms with van der Waals surface area (Å²) in [6.07, 6.45) is 8.22. The van der Waals surface area contributed by atoms with Crippen molar-refractivity contribution >= 4 is 0 Å². The SMILES string of the molecule is OC1(c2ccccc2)NC=CN1.c1cncnc1. The van der Waals surface area contributed by atoms with Crippen LogP contribution in [-0.4, -0.2) is 15.1 Å². The predicted octanol–water partition coefficient (Wildman–Crippen LogP) is 0.930. The average molecular weight is 242 g/mol. The Kier molecular flexibility index (Phi) is 3.88. The fraction of sp³-hybridized carbons (Fsp3) is 0.0769. The van der Waals surface area contributed by atoms with Gasteiger partial charge in [-0.3, -0.25) is 0 Å². The van der Waals surface area contributed by atoms with E-state index >= 15 is 0 Å². The third kappa shape index (κ3) is 3.05. The van der Waals surface area contributed by atoms with E-state index in [1.54, 1.807) is 30.9 Å². The highest BCUT2D eigenvalue weighted by Gasteiger charge is 2.28. The van der Waals surface area contributed by atoms with Crippen molar-refractivity contribution in [2.75, 3.05) is 0 Å². The van der Waals surface area contributed by atoms with Crippen LogP contribution in [0.1, 0.15) is 5.56 Å². The average Bonchev–Trinajstić information content (AvgIpc) is 2.91. The molecular weight excluding hydrogens is 228 g/mol. The molecule has 0 atom stereocenters. The second kappa shape index (κ2) is 5.79. The summed E-state index contributed by atoms with van der Waals surface area (Å²) in [5, 5.41) is 15.5. The number of hydrogen-bond donors (Lipinski definition) is 3. The maximum Gasteiger partial charge on any atom is 0.241 e. The van der Waals surface area contributed by atoms with Gasteiger partial charge in [0.1, 0.15) is 6.33 Å². The lowest BCUT2D eigenvalue weighted by Gasteiger charge is -2.24. The molecule has 0 fully saturated rings. The molecule has 5 heteroatoms. The first kappa shape index (κ1) is 12.1. The van der Waals surface area contributed by atoms with Crippen molar-refractivity contribution in [3.8, 4) is 0 Å². The van der Waals surface area contributed by atoms with Gasteiger partial charge in [-0.2, -0.15) is 0 Å². The number of nitrogens with zero attached hydrogens (tertiary/aromatic N) is 2. The highest BCUT2D eigenvalue weighted by Crippen LogP contribution is 2.16. The number of nitrogens with one attached hydrogen (secondary N) is 2. The Morgan fingerprint density at radius 1 is 0.889 bits per heavy atom. The second-order valence-corrected chi connectivity index (χ2v) is 3.60. The molecule has 92 valence electrons. The lowest BCUT2D eigenvalue weighted by atomic mass is 10.1. The molecule has 0 radical (unpaired) electrons. The van der Waals surface area contributed by atoms with Crippen LogP contribution in [0.15, 0.2) is 67.5 Å². The molecule has 0 spiro atoms. The summed E-state index contributed by atoms with van der Waals surface area (Å²) in [7, 11) is 0. The largest absolute Gasteiger partial charge is 0.350 e. The first-order valence-corrected chi connectivity index (χ1v) is 5.49. The molecular formula is C13H14N4O. The van der Waals surface area contributed by atoms with Crippen molar-refractivity contribution in [2.24, 2.45) is 0 Å². The van der Waals surface area contributed by atoms with Gasteiger partial charge in [0.15, 0.2) is 0 Å². The van der Waals surface area contributed by atoms with Crippen molar-refractivity contribution in [2.45, 2.75) is 5.85 Å². The van der Waals surface area contributed by atoms with Crippen LogP contribution in [0.5, 0.6) is 0 Å². The van der Waals surface area contributed by atoms with Gasteiger partial charge >= 0.3 is 0 Å². The van der Waals surface area contributed by atoms with E-state index in [-0.39, 0.29) is 0 Å². The zero-order valence-electron chi connectivity index (χ0n) is 9.69. The van der Waals surface area contributed by atoms with Crippen LogP contribution in [0.2, 0.25) is 0 Å². The Balaban J connectivity index is 0.000000169. The smallest absolute Gasteiger partial charge is 0.241 e. The van der Waals surface area contributed by atoms with Gasteiger partial charge in [0.05, 0.1) is 0 Å². The van der Waals surface area contributed by atoms with Gasteiger partial charge in [-0.05, 0) is 6.07 Å². The number of benzene rings is 1. The van der Waals surface area contributed by atoms with Crippen LogP contribution >= 0.6 is 0 Å². The molecule has 0 unspecified atom stereocenters. The van der Waals surface area contributed by atoms with Gasteiger partial charge in [-0.1, -0.05) is 30.3 Å². The van der Waals surface area contributed by atoms with E-state index in [1.807, 2.05) is 30.3 Å². The Bertz CT molecular complexity index is 452. The molecule has 0 amide bonds. The monoisotopic (exact) mass is 242 g/mol. The lowest BCUT2D eigenvalue weighted by molar-refractivity contribution is 0.00265. The van der Waals surface area contributed by atoms with E-state index in [2.05, 4.69) is 20.6 Å². The van der Waals surface area contributed by atoms with Crippen molar-refractivity contribution in [1.29, 1.82) is 0 Å². The van der Waals surface area contributed by atoms with Gasteiger partial charge in [-0.15, -0.1) is 0 Å². The molecule has 0 saturated heterocycles. The molecule has 0 saturated carbocycles. The molecule has 1 aliphatic heterocycles. The number of aliphatic hydroxyl groups is 1. The predicted molar refractivity (Wildman–Crippen MR) is 67.8 cm³/mol. The van der Waals surface area contributed by atoms with Gasteiger partial charge < -0.3 is 15.7 Å². The summed E-state index contributed by atoms with van der Waals surface area (Å²) in [5.74, 6) is -1.12. The molecule has 3 rings (SSSR count). The summed E-state index contributed by atoms with van der Waals surface area (Å²) in [4.78, 5) is 7.35. The van der Waals surface area contributed by atoms with E-state index in [1.165, 1.54) is 6.33 Å². The van der Waals surface area contributed by atoms with Gasteiger partial charge in [0.2, 0.25) is 5.85 Å². The Morgan fingerprint density at radius 3 is 1.94 bits per heavy atom. The highest BCUT2D eigenvalue weighted by molar-refractivity contribution is 5.23. The summed E-state index contributed by atoms with van der Waals surface area (Å²) < 4.78 is 0. The lowest BCUT2D eigenvalue weighted by Crippen LogP contribution is -2.45. The molecule has 2 aromatic rings. The van der Waals surface area contributed by atoms with Crippen molar-refractivity contribution in [3.63, 3.8) is 0 Å². The van der Waals surface area contributed by atoms with Crippen LogP contribution in [0.25, 0.3) is 0 Å². The Morgan fingerprint density at radius 2 is 1.50 bits per heavy atom. The number of rotatable bonds is 1. The molecule has 0 aliphatic carbocycles. The van der Waals surface area contributed by atoms with E-state index in [4.69, 9.17) is 0 Å². The number of aromatic nitrogens is 2. The maximum atomic E-state index is 9.88. The molecule has 1 aliphatic rings. The van der Waals surface area contributed by atoms with E-state index in [0.717, 1.165) is 5.56 Å². The van der Waals surface area contributed by atoms with Crippen LogP contribution in [0.3, 0.4) is 0 Å². The highest BCUT2D eigenvalue weighted by atomic mass is 16.3. The van der Waals surface area contributed by atoms with Gasteiger partial charge in [-0.25, -0.2) is 9.97 Å². The Hall–Kier alpha value is -2.40. The standard InChI is InChI=1S/C9H10N2O.C4H4N2/c12-9(10-6-7-11-9)8-4-2-1-3-5-8;1-2-5-4-6-3-1/h1-7,10-12H;1-4H. The zero-order valence-corrected chi connectivity index (χ0v) is 9.69. The van der Waals surface area contributed by atoms with Crippen molar-refractivity contribution < 1.29 is 5.11 Å². The van der Waals surface area contributed by atoms with E-state index in [0.29, 0.717) is 0 Å². The third-order valence-electron chi connectivity index (χ3n) is 2.34. The Labute approximate surface area is 105 Å². The van der Waals surface area contributed by atoms with Gasteiger partial charge in [0, 0.05) is 30.4 Å². The second-order valence-electron chi connectivity index (χ2n) is 3.60. The minimum absolute atomic E-state index is 0.801. The maximum absolute atomic E-state index is 9.88. The zero-order chi connectivity index (χ0) is 12.7. The van der Waals surface area contributed by atoms with Crippen molar-refractivity contribution in [3.05, 3.63) is 73.1 Å². The minimum Gasteiger partial charge on any atom is -0.350 e. The van der Waals surface area contributed by atoms with E-state index < -0.39 is 5.85 Å².